The van der Waals surface area contributed by atoms with E-state index in [9.17, 15) is 13.2 Å². The van der Waals surface area contributed by atoms with Gasteiger partial charge >= 0.3 is 5.97 Å². The van der Waals surface area contributed by atoms with Crippen LogP contribution in [0.15, 0.2) is 53.4 Å². The first-order valence-corrected chi connectivity index (χ1v) is 7.17. The van der Waals surface area contributed by atoms with Crippen LogP contribution in [0.5, 0.6) is 5.75 Å². The van der Waals surface area contributed by atoms with Crippen LogP contribution in [-0.4, -0.2) is 18.9 Å². The molecule has 0 atom stereocenters. The minimum atomic E-state index is -4.20. The second kappa shape index (κ2) is 5.44. The highest BCUT2D eigenvalue weighted by molar-refractivity contribution is 7.85. The molecule has 2 aromatic rings. The summed E-state index contributed by atoms with van der Waals surface area (Å²) in [5.41, 5.74) is 1.51. The molecule has 6 heteroatoms. The minimum Gasteiger partial charge on any atom is -0.427 e. The number of esters is 1. The molecular formula is C14H12O5S. The summed E-state index contributed by atoms with van der Waals surface area (Å²) in [6.45, 7) is 1.31. The zero-order chi connectivity index (χ0) is 14.8. The predicted molar refractivity (Wildman–Crippen MR) is 73.0 cm³/mol. The average molecular weight is 292 g/mol. The fraction of sp³-hybridized carbons (Fsp3) is 0.0714. The molecule has 2 rings (SSSR count). The van der Waals surface area contributed by atoms with Gasteiger partial charge in [0.2, 0.25) is 0 Å². The van der Waals surface area contributed by atoms with E-state index in [4.69, 9.17) is 9.29 Å². The number of ether oxygens (including phenoxy) is 1. The monoisotopic (exact) mass is 292 g/mol. The summed E-state index contributed by atoms with van der Waals surface area (Å²) in [7, 11) is -4.20. The number of benzene rings is 2. The largest absolute Gasteiger partial charge is 0.427 e. The van der Waals surface area contributed by atoms with Crippen molar-refractivity contribution in [3.63, 3.8) is 0 Å². The van der Waals surface area contributed by atoms with E-state index in [1.54, 1.807) is 36.4 Å². The van der Waals surface area contributed by atoms with E-state index in [2.05, 4.69) is 0 Å². The van der Waals surface area contributed by atoms with Crippen molar-refractivity contribution in [2.24, 2.45) is 0 Å². The minimum absolute atomic E-state index is 0.169. The highest BCUT2D eigenvalue weighted by Gasteiger charge is 2.09. The smallest absolute Gasteiger partial charge is 0.308 e. The van der Waals surface area contributed by atoms with Crippen LogP contribution in [0.25, 0.3) is 11.1 Å². The molecule has 0 saturated heterocycles. The van der Waals surface area contributed by atoms with Crippen LogP contribution in [0.2, 0.25) is 0 Å². The molecule has 0 aliphatic carbocycles. The average Bonchev–Trinajstić information content (AvgIpc) is 2.37. The Balaban J connectivity index is 2.34. The van der Waals surface area contributed by atoms with Gasteiger partial charge in [-0.15, -0.1) is 0 Å². The Bertz CT molecular complexity index is 732. The molecule has 0 spiro atoms. The number of rotatable bonds is 3. The van der Waals surface area contributed by atoms with Crippen molar-refractivity contribution in [2.45, 2.75) is 11.8 Å². The lowest BCUT2D eigenvalue weighted by Crippen LogP contribution is -2.01. The molecule has 2 aromatic carbocycles. The Labute approximate surface area is 116 Å². The van der Waals surface area contributed by atoms with Crippen LogP contribution in [0.4, 0.5) is 0 Å². The maximum Gasteiger partial charge on any atom is 0.308 e. The summed E-state index contributed by atoms with van der Waals surface area (Å²) >= 11 is 0. The van der Waals surface area contributed by atoms with E-state index < -0.39 is 16.1 Å². The normalized spacial score (nSPS) is 11.1. The van der Waals surface area contributed by atoms with Crippen LogP contribution in [0.1, 0.15) is 6.92 Å². The van der Waals surface area contributed by atoms with Gasteiger partial charge in [0.1, 0.15) is 5.75 Å². The van der Waals surface area contributed by atoms with E-state index in [1.807, 2.05) is 0 Å². The van der Waals surface area contributed by atoms with Crippen molar-refractivity contribution in [3.05, 3.63) is 48.5 Å². The van der Waals surface area contributed by atoms with Gasteiger partial charge in [-0.2, -0.15) is 8.42 Å². The standard InChI is InChI=1S/C14H12O5S/c1-10(15)19-13-4-2-3-12(9-13)11-5-7-14(8-6-11)20(16,17)18/h2-9H,1H3,(H,16,17,18). The van der Waals surface area contributed by atoms with Gasteiger partial charge in [-0.25, -0.2) is 0 Å². The first kappa shape index (κ1) is 14.2. The molecule has 0 amide bonds. The van der Waals surface area contributed by atoms with Gasteiger partial charge in [0.05, 0.1) is 4.90 Å². The number of hydrogen-bond donors (Lipinski definition) is 1. The Kier molecular flexibility index (Phi) is 3.87. The third-order valence-corrected chi connectivity index (χ3v) is 3.45. The van der Waals surface area contributed by atoms with Crippen LogP contribution >= 0.6 is 0 Å². The van der Waals surface area contributed by atoms with Crippen LogP contribution in [-0.2, 0) is 14.9 Å². The highest BCUT2D eigenvalue weighted by Crippen LogP contribution is 2.25. The van der Waals surface area contributed by atoms with E-state index in [0.29, 0.717) is 5.75 Å². The lowest BCUT2D eigenvalue weighted by atomic mass is 10.1. The van der Waals surface area contributed by atoms with Crippen molar-refractivity contribution in [3.8, 4) is 16.9 Å². The molecule has 0 saturated carbocycles. The first-order valence-electron chi connectivity index (χ1n) is 5.73. The second-order valence-corrected chi connectivity index (χ2v) is 5.54. The van der Waals surface area contributed by atoms with E-state index in [1.165, 1.54) is 19.1 Å². The van der Waals surface area contributed by atoms with Gasteiger partial charge < -0.3 is 4.74 Å². The summed E-state index contributed by atoms with van der Waals surface area (Å²) in [5, 5.41) is 0. The molecule has 1 N–H and O–H groups in total. The van der Waals surface area contributed by atoms with Crippen molar-refractivity contribution >= 4 is 16.1 Å². The Morgan fingerprint density at radius 2 is 1.70 bits per heavy atom. The third kappa shape index (κ3) is 3.43. The summed E-state index contributed by atoms with van der Waals surface area (Å²) in [6, 6.07) is 12.6. The third-order valence-electron chi connectivity index (χ3n) is 2.58. The number of carbonyl (C=O) groups excluding carboxylic acids is 1. The van der Waals surface area contributed by atoms with E-state index in [-0.39, 0.29) is 4.90 Å². The van der Waals surface area contributed by atoms with Crippen LogP contribution in [0.3, 0.4) is 0 Å². The zero-order valence-electron chi connectivity index (χ0n) is 10.6. The van der Waals surface area contributed by atoms with Gasteiger partial charge in [0, 0.05) is 6.92 Å². The van der Waals surface area contributed by atoms with Crippen molar-refractivity contribution in [2.75, 3.05) is 0 Å². The molecule has 0 aliphatic rings. The Hall–Kier alpha value is -2.18. The Morgan fingerprint density at radius 3 is 2.25 bits per heavy atom. The maximum atomic E-state index is 11.0. The maximum absolute atomic E-state index is 11.0. The van der Waals surface area contributed by atoms with Gasteiger partial charge in [-0.3, -0.25) is 9.35 Å². The predicted octanol–water partition coefficient (Wildman–Crippen LogP) is 2.53. The highest BCUT2D eigenvalue weighted by atomic mass is 32.2. The molecule has 104 valence electrons. The lowest BCUT2D eigenvalue weighted by molar-refractivity contribution is -0.131. The molecule has 0 unspecified atom stereocenters. The Morgan fingerprint density at radius 1 is 1.05 bits per heavy atom. The van der Waals surface area contributed by atoms with E-state index >= 15 is 0 Å². The van der Waals surface area contributed by atoms with Gasteiger partial charge in [0.15, 0.2) is 0 Å². The molecule has 0 heterocycles. The fourth-order valence-electron chi connectivity index (χ4n) is 1.72. The van der Waals surface area contributed by atoms with Crippen molar-refractivity contribution < 1.29 is 22.5 Å². The molecule has 0 bridgehead atoms. The van der Waals surface area contributed by atoms with E-state index in [0.717, 1.165) is 11.1 Å². The first-order chi connectivity index (χ1) is 9.36. The van der Waals surface area contributed by atoms with Crippen LogP contribution in [0, 0.1) is 0 Å². The number of carbonyl (C=O) groups is 1. The fourth-order valence-corrected chi connectivity index (χ4v) is 2.20. The molecule has 0 radical (unpaired) electrons. The van der Waals surface area contributed by atoms with Crippen molar-refractivity contribution in [1.29, 1.82) is 0 Å². The summed E-state index contributed by atoms with van der Waals surface area (Å²) in [5.74, 6) is -0.00210. The van der Waals surface area contributed by atoms with Gasteiger partial charge in [0.25, 0.3) is 10.1 Å². The SMILES string of the molecule is CC(=O)Oc1cccc(-c2ccc(S(=O)(=O)O)cc2)c1. The molecule has 0 fully saturated rings. The molecule has 0 aliphatic heterocycles. The topological polar surface area (TPSA) is 80.7 Å². The van der Waals surface area contributed by atoms with Gasteiger partial charge in [-0.05, 0) is 35.4 Å². The molecular weight excluding hydrogens is 280 g/mol. The summed E-state index contributed by atoms with van der Waals surface area (Å²) in [4.78, 5) is 10.7. The van der Waals surface area contributed by atoms with Crippen LogP contribution < -0.4 is 4.74 Å². The molecule has 20 heavy (non-hydrogen) atoms. The van der Waals surface area contributed by atoms with Gasteiger partial charge in [-0.1, -0.05) is 24.3 Å². The molecule has 5 nitrogen and oxygen atoms in total. The van der Waals surface area contributed by atoms with Crippen molar-refractivity contribution in [1.82, 2.24) is 0 Å². The number of hydrogen-bond acceptors (Lipinski definition) is 4. The summed E-state index contributed by atoms with van der Waals surface area (Å²) < 4.78 is 35.8. The lowest BCUT2D eigenvalue weighted by Gasteiger charge is -2.06. The zero-order valence-corrected chi connectivity index (χ0v) is 11.4. The second-order valence-electron chi connectivity index (χ2n) is 4.12. The quantitative estimate of drug-likeness (QED) is 0.534. The molecule has 0 aromatic heterocycles. The summed E-state index contributed by atoms with van der Waals surface area (Å²) in [6.07, 6.45) is 0.